The van der Waals surface area contributed by atoms with E-state index in [1.165, 1.54) is 6.42 Å². The number of Topliss-reactive ketones (excluding diaryl/α,β-unsaturated/α-hetero) is 1. The summed E-state index contributed by atoms with van der Waals surface area (Å²) < 4.78 is 22.0. The molecule has 0 amide bonds. The zero-order valence-corrected chi connectivity index (χ0v) is 11.2. The first-order chi connectivity index (χ1) is 7.92. The van der Waals surface area contributed by atoms with E-state index in [-0.39, 0.29) is 11.7 Å². The van der Waals surface area contributed by atoms with Crippen LogP contribution in [0, 0.1) is 29.6 Å². The van der Waals surface area contributed by atoms with Crippen LogP contribution in [0.3, 0.4) is 0 Å². The molecule has 0 unspecified atom stereocenters. The Labute approximate surface area is 106 Å². The lowest BCUT2D eigenvalue weighted by atomic mass is 9.51. The first-order valence-corrected chi connectivity index (χ1v) is 8.85. The summed E-state index contributed by atoms with van der Waals surface area (Å²) in [5.41, 5.74) is 0. The van der Waals surface area contributed by atoms with Crippen LogP contribution in [0.5, 0.6) is 0 Å². The van der Waals surface area contributed by atoms with Crippen molar-refractivity contribution in [2.45, 2.75) is 32.1 Å². The van der Waals surface area contributed by atoms with Crippen LogP contribution in [0.4, 0.5) is 0 Å². The van der Waals surface area contributed by atoms with E-state index in [0.29, 0.717) is 11.8 Å². The largest absolute Gasteiger partial charge is 0.298 e. The highest BCUT2D eigenvalue weighted by Crippen LogP contribution is 2.56. The van der Waals surface area contributed by atoms with Crippen molar-refractivity contribution in [2.24, 2.45) is 29.6 Å². The first kappa shape index (κ1) is 12.0. The summed E-state index contributed by atoms with van der Waals surface area (Å²) >= 11 is 0. The fourth-order valence-corrected chi connectivity index (χ4v) is 5.57. The molecule has 4 fully saturated rings. The van der Waals surface area contributed by atoms with Crippen molar-refractivity contribution in [1.29, 1.82) is 0 Å². The Bertz CT molecular complexity index is 415. The lowest BCUT2D eigenvalue weighted by Crippen LogP contribution is -2.48. The molecule has 3 nitrogen and oxygen atoms in total. The van der Waals surface area contributed by atoms with Gasteiger partial charge in [0, 0.05) is 16.6 Å². The Hall–Kier alpha value is -0.0900. The highest BCUT2D eigenvalue weighted by molar-refractivity contribution is 8.14. The summed E-state index contributed by atoms with van der Waals surface area (Å²) in [7, 11) is 1.51. The quantitative estimate of drug-likeness (QED) is 0.743. The maximum absolute atomic E-state index is 12.1. The highest BCUT2D eigenvalue weighted by atomic mass is 35.7. The minimum absolute atomic E-state index is 0.0173. The van der Waals surface area contributed by atoms with E-state index in [2.05, 4.69) is 0 Å². The Kier molecular flexibility index (Phi) is 2.78. The molecule has 0 spiro atoms. The van der Waals surface area contributed by atoms with Crippen LogP contribution in [-0.2, 0) is 13.8 Å². The van der Waals surface area contributed by atoms with Gasteiger partial charge in [0.05, 0.1) is 0 Å². The normalized spacial score (nSPS) is 43.9. The van der Waals surface area contributed by atoms with Crippen LogP contribution in [0.1, 0.15) is 32.1 Å². The molecule has 4 bridgehead atoms. The fourth-order valence-electron chi connectivity index (χ4n) is 4.72. The van der Waals surface area contributed by atoms with Gasteiger partial charge >= 0.3 is 0 Å². The van der Waals surface area contributed by atoms with Crippen molar-refractivity contribution in [3.63, 3.8) is 0 Å². The molecule has 0 aromatic heterocycles. The summed E-state index contributed by atoms with van der Waals surface area (Å²) in [5, 5.41) is 0. The molecule has 17 heavy (non-hydrogen) atoms. The molecule has 0 radical (unpaired) electrons. The SMILES string of the molecule is O=C(CS(=O)(=O)Cl)C1C2CC3CC(C2)CC1C3. The second-order valence-corrected chi connectivity index (χ2v) is 8.88. The average molecular weight is 277 g/mol. The zero-order valence-electron chi connectivity index (χ0n) is 9.64. The molecule has 0 aliphatic heterocycles. The highest BCUT2D eigenvalue weighted by Gasteiger charge is 2.50. The zero-order chi connectivity index (χ0) is 12.2. The number of carbonyl (C=O) groups excluding carboxylic acids is 1. The van der Waals surface area contributed by atoms with E-state index in [0.717, 1.165) is 37.5 Å². The number of ketones is 1. The second-order valence-electron chi connectivity index (χ2n) is 6.11. The summed E-state index contributed by atoms with van der Waals surface area (Å²) in [6.45, 7) is 0. The van der Waals surface area contributed by atoms with Gasteiger partial charge in [0.2, 0.25) is 9.05 Å². The molecule has 0 aromatic carbocycles. The average Bonchev–Trinajstić information content (AvgIpc) is 2.11. The molecule has 4 saturated carbocycles. The number of rotatable bonds is 3. The molecule has 5 heteroatoms. The van der Waals surface area contributed by atoms with Crippen molar-refractivity contribution in [3.05, 3.63) is 0 Å². The summed E-state index contributed by atoms with van der Waals surface area (Å²) in [4.78, 5) is 12.1. The van der Waals surface area contributed by atoms with Gasteiger partial charge in [0.15, 0.2) is 5.78 Å². The lowest BCUT2D eigenvalue weighted by Gasteiger charge is -2.53. The van der Waals surface area contributed by atoms with Crippen LogP contribution in [0.15, 0.2) is 0 Å². The molecule has 0 aromatic rings. The summed E-state index contributed by atoms with van der Waals surface area (Å²) in [6, 6.07) is 0. The van der Waals surface area contributed by atoms with Crippen molar-refractivity contribution < 1.29 is 13.2 Å². The van der Waals surface area contributed by atoms with Crippen molar-refractivity contribution in [2.75, 3.05) is 5.75 Å². The predicted octanol–water partition coefficient (Wildman–Crippen LogP) is 2.20. The maximum atomic E-state index is 12.1. The van der Waals surface area contributed by atoms with Crippen molar-refractivity contribution in [1.82, 2.24) is 0 Å². The van der Waals surface area contributed by atoms with Crippen LogP contribution in [0.2, 0.25) is 0 Å². The molecule has 0 heterocycles. The fraction of sp³-hybridized carbons (Fsp3) is 0.917. The van der Waals surface area contributed by atoms with Crippen LogP contribution in [-0.4, -0.2) is 20.0 Å². The molecule has 4 aliphatic carbocycles. The molecule has 0 saturated heterocycles. The molecule has 0 atom stereocenters. The van der Waals surface area contributed by atoms with Crippen LogP contribution >= 0.6 is 10.7 Å². The molecule has 0 N–H and O–H groups in total. The van der Waals surface area contributed by atoms with E-state index < -0.39 is 14.8 Å². The molecule has 4 rings (SSSR count). The maximum Gasteiger partial charge on any atom is 0.239 e. The van der Waals surface area contributed by atoms with Gasteiger partial charge in [-0.25, -0.2) is 8.42 Å². The van der Waals surface area contributed by atoms with Crippen molar-refractivity contribution in [3.8, 4) is 0 Å². The number of carbonyl (C=O) groups is 1. The topological polar surface area (TPSA) is 51.2 Å². The first-order valence-electron chi connectivity index (χ1n) is 6.37. The monoisotopic (exact) mass is 276 g/mol. The van der Waals surface area contributed by atoms with E-state index in [4.69, 9.17) is 10.7 Å². The number of hydrogen-bond acceptors (Lipinski definition) is 3. The van der Waals surface area contributed by atoms with E-state index >= 15 is 0 Å². The summed E-state index contributed by atoms with van der Waals surface area (Å²) in [5.74, 6) is 1.87. The second kappa shape index (κ2) is 3.95. The third-order valence-corrected chi connectivity index (χ3v) is 5.87. The Morgan fingerprint density at radius 1 is 1.00 bits per heavy atom. The van der Waals surface area contributed by atoms with Crippen LogP contribution in [0.25, 0.3) is 0 Å². The van der Waals surface area contributed by atoms with E-state index in [1.807, 2.05) is 0 Å². The molecule has 96 valence electrons. The standard InChI is InChI=1S/C12H17ClO3S/c13-17(15,16)6-11(14)12-9-2-7-1-8(4-9)5-10(12)3-7/h7-10,12H,1-6H2. The minimum Gasteiger partial charge on any atom is -0.298 e. The number of hydrogen-bond donors (Lipinski definition) is 0. The molecular weight excluding hydrogens is 260 g/mol. The minimum atomic E-state index is -3.68. The van der Waals surface area contributed by atoms with Crippen molar-refractivity contribution >= 4 is 25.5 Å². The van der Waals surface area contributed by atoms with Gasteiger partial charge in [-0.2, -0.15) is 0 Å². The third kappa shape index (κ3) is 2.26. The van der Waals surface area contributed by atoms with Gasteiger partial charge in [0.25, 0.3) is 0 Å². The van der Waals surface area contributed by atoms with Gasteiger partial charge in [-0.3, -0.25) is 4.79 Å². The van der Waals surface area contributed by atoms with Gasteiger partial charge < -0.3 is 0 Å². The summed E-state index contributed by atoms with van der Waals surface area (Å²) in [6.07, 6.45) is 5.86. The van der Waals surface area contributed by atoms with E-state index in [9.17, 15) is 13.2 Å². The van der Waals surface area contributed by atoms with Gasteiger partial charge in [-0.1, -0.05) is 0 Å². The predicted molar refractivity (Wildman–Crippen MR) is 65.2 cm³/mol. The smallest absolute Gasteiger partial charge is 0.239 e. The van der Waals surface area contributed by atoms with Gasteiger partial charge in [0.1, 0.15) is 5.75 Å². The van der Waals surface area contributed by atoms with Gasteiger partial charge in [-0.05, 0) is 55.8 Å². The number of halogens is 1. The molecule has 4 aliphatic rings. The Morgan fingerprint density at radius 2 is 1.47 bits per heavy atom. The van der Waals surface area contributed by atoms with Crippen LogP contribution < -0.4 is 0 Å². The third-order valence-electron chi connectivity index (χ3n) is 4.91. The van der Waals surface area contributed by atoms with E-state index in [1.54, 1.807) is 0 Å². The molecular formula is C12H17ClO3S. The lowest BCUT2D eigenvalue weighted by molar-refractivity contribution is -0.133. The Balaban J connectivity index is 1.78. The van der Waals surface area contributed by atoms with Gasteiger partial charge in [-0.15, -0.1) is 0 Å². The Morgan fingerprint density at radius 3 is 1.88 bits per heavy atom.